The lowest BCUT2D eigenvalue weighted by Gasteiger charge is -2.09. The van der Waals surface area contributed by atoms with Crippen LogP contribution >= 0.6 is 0 Å². The van der Waals surface area contributed by atoms with E-state index >= 15 is 0 Å². The standard InChI is InChI=1S/C22H15N3O/c26-21(17-12-6-2-7-13-17)20-19(16-10-4-1-5-11-16)23-22(25-24-20)18-14-8-3-9-15-18/h1-15H. The highest BCUT2D eigenvalue weighted by Crippen LogP contribution is 2.24. The number of hydrogen-bond donors (Lipinski definition) is 0. The fourth-order valence-electron chi connectivity index (χ4n) is 2.71. The van der Waals surface area contributed by atoms with Gasteiger partial charge in [0.25, 0.3) is 0 Å². The molecule has 124 valence electrons. The normalized spacial score (nSPS) is 10.5. The molecule has 4 heteroatoms. The maximum Gasteiger partial charge on any atom is 0.215 e. The van der Waals surface area contributed by atoms with Gasteiger partial charge in [0, 0.05) is 16.7 Å². The Kier molecular flexibility index (Phi) is 4.31. The minimum atomic E-state index is -0.191. The third-order valence-electron chi connectivity index (χ3n) is 4.02. The molecule has 0 aliphatic rings. The van der Waals surface area contributed by atoms with Crippen LogP contribution in [0.2, 0.25) is 0 Å². The first kappa shape index (κ1) is 15.8. The van der Waals surface area contributed by atoms with Crippen LogP contribution < -0.4 is 0 Å². The number of benzene rings is 3. The summed E-state index contributed by atoms with van der Waals surface area (Å²) in [5.41, 5.74) is 3.04. The highest BCUT2D eigenvalue weighted by atomic mass is 16.1. The summed E-state index contributed by atoms with van der Waals surface area (Å²) in [6, 6.07) is 28.3. The maximum absolute atomic E-state index is 12.9. The minimum Gasteiger partial charge on any atom is -0.287 e. The molecule has 0 atom stereocenters. The molecule has 0 saturated carbocycles. The largest absolute Gasteiger partial charge is 0.287 e. The average molecular weight is 337 g/mol. The second-order valence-electron chi connectivity index (χ2n) is 5.76. The van der Waals surface area contributed by atoms with Crippen molar-refractivity contribution in [1.29, 1.82) is 0 Å². The quantitative estimate of drug-likeness (QED) is 0.517. The van der Waals surface area contributed by atoms with E-state index in [2.05, 4.69) is 15.2 Å². The van der Waals surface area contributed by atoms with Gasteiger partial charge in [0.1, 0.15) is 5.69 Å². The lowest BCUT2D eigenvalue weighted by atomic mass is 10.0. The summed E-state index contributed by atoms with van der Waals surface area (Å²) >= 11 is 0. The van der Waals surface area contributed by atoms with E-state index in [-0.39, 0.29) is 11.5 Å². The van der Waals surface area contributed by atoms with Crippen LogP contribution in [0.25, 0.3) is 22.6 Å². The summed E-state index contributed by atoms with van der Waals surface area (Å²) in [7, 11) is 0. The number of ketones is 1. The first-order valence-corrected chi connectivity index (χ1v) is 8.28. The van der Waals surface area contributed by atoms with Crippen LogP contribution in [0, 0.1) is 0 Å². The summed E-state index contributed by atoms with van der Waals surface area (Å²) in [4.78, 5) is 17.6. The predicted octanol–water partition coefficient (Wildman–Crippen LogP) is 4.44. The summed E-state index contributed by atoms with van der Waals surface area (Å²) in [5, 5.41) is 8.45. The van der Waals surface area contributed by atoms with Crippen LogP contribution in [-0.4, -0.2) is 21.0 Å². The van der Waals surface area contributed by atoms with Crippen molar-refractivity contribution in [2.24, 2.45) is 0 Å². The Labute approximate surface area is 151 Å². The molecule has 4 rings (SSSR count). The van der Waals surface area contributed by atoms with Crippen LogP contribution in [-0.2, 0) is 0 Å². The molecule has 4 aromatic rings. The van der Waals surface area contributed by atoms with Gasteiger partial charge in [0.05, 0.1) is 0 Å². The number of aromatic nitrogens is 3. The molecule has 1 heterocycles. The number of carbonyl (C=O) groups excluding carboxylic acids is 1. The van der Waals surface area contributed by atoms with Crippen LogP contribution in [0.1, 0.15) is 16.1 Å². The molecule has 26 heavy (non-hydrogen) atoms. The van der Waals surface area contributed by atoms with E-state index < -0.39 is 0 Å². The van der Waals surface area contributed by atoms with E-state index in [4.69, 9.17) is 0 Å². The minimum absolute atomic E-state index is 0.191. The lowest BCUT2D eigenvalue weighted by molar-refractivity contribution is 0.103. The van der Waals surface area contributed by atoms with E-state index in [1.807, 2.05) is 78.9 Å². The highest BCUT2D eigenvalue weighted by molar-refractivity contribution is 6.10. The van der Waals surface area contributed by atoms with Gasteiger partial charge < -0.3 is 0 Å². The number of rotatable bonds is 4. The molecule has 0 amide bonds. The van der Waals surface area contributed by atoms with Crippen molar-refractivity contribution < 1.29 is 4.79 Å². The monoisotopic (exact) mass is 337 g/mol. The molecule has 3 aromatic carbocycles. The summed E-state index contributed by atoms with van der Waals surface area (Å²) in [5.74, 6) is 0.304. The smallest absolute Gasteiger partial charge is 0.215 e. The van der Waals surface area contributed by atoms with Crippen molar-refractivity contribution in [3.8, 4) is 22.6 Å². The van der Waals surface area contributed by atoms with Gasteiger partial charge >= 0.3 is 0 Å². The fourth-order valence-corrected chi connectivity index (χ4v) is 2.71. The molecule has 0 radical (unpaired) electrons. The second kappa shape index (κ2) is 7.07. The van der Waals surface area contributed by atoms with Gasteiger partial charge in [-0.25, -0.2) is 4.98 Å². The summed E-state index contributed by atoms with van der Waals surface area (Å²) < 4.78 is 0. The zero-order chi connectivity index (χ0) is 17.8. The van der Waals surface area contributed by atoms with Crippen molar-refractivity contribution in [3.05, 3.63) is 102 Å². The molecule has 0 aliphatic heterocycles. The first-order valence-electron chi connectivity index (χ1n) is 8.28. The zero-order valence-corrected chi connectivity index (χ0v) is 13.9. The first-order chi connectivity index (χ1) is 12.8. The van der Waals surface area contributed by atoms with E-state index in [0.29, 0.717) is 17.1 Å². The Morgan fingerprint density at radius 2 is 1.15 bits per heavy atom. The van der Waals surface area contributed by atoms with E-state index in [0.717, 1.165) is 11.1 Å². The van der Waals surface area contributed by atoms with Crippen molar-refractivity contribution >= 4 is 5.78 Å². The molecule has 0 saturated heterocycles. The molecular formula is C22H15N3O. The Balaban J connectivity index is 1.88. The molecule has 0 unspecified atom stereocenters. The molecule has 0 aliphatic carbocycles. The molecule has 0 spiro atoms. The van der Waals surface area contributed by atoms with Crippen molar-refractivity contribution in [3.63, 3.8) is 0 Å². The van der Waals surface area contributed by atoms with Crippen molar-refractivity contribution in [1.82, 2.24) is 15.2 Å². The number of hydrogen-bond acceptors (Lipinski definition) is 4. The Morgan fingerprint density at radius 3 is 1.77 bits per heavy atom. The number of carbonyl (C=O) groups is 1. The van der Waals surface area contributed by atoms with Crippen molar-refractivity contribution in [2.75, 3.05) is 0 Å². The van der Waals surface area contributed by atoms with Gasteiger partial charge in [-0.2, -0.15) is 0 Å². The van der Waals surface area contributed by atoms with Crippen LogP contribution in [0.3, 0.4) is 0 Å². The molecule has 0 bridgehead atoms. The predicted molar refractivity (Wildman–Crippen MR) is 101 cm³/mol. The van der Waals surface area contributed by atoms with Gasteiger partial charge in [0.2, 0.25) is 5.78 Å². The maximum atomic E-state index is 12.9. The molecule has 0 N–H and O–H groups in total. The van der Waals surface area contributed by atoms with Crippen LogP contribution in [0.5, 0.6) is 0 Å². The van der Waals surface area contributed by atoms with Gasteiger partial charge in [0.15, 0.2) is 11.5 Å². The lowest BCUT2D eigenvalue weighted by Crippen LogP contribution is -2.10. The Hall–Kier alpha value is -3.66. The average Bonchev–Trinajstić information content (AvgIpc) is 2.75. The van der Waals surface area contributed by atoms with E-state index in [1.54, 1.807) is 12.1 Å². The molecule has 1 aromatic heterocycles. The van der Waals surface area contributed by atoms with E-state index in [9.17, 15) is 4.79 Å². The SMILES string of the molecule is O=C(c1ccccc1)c1nnc(-c2ccccc2)nc1-c1ccccc1. The molecule has 0 fully saturated rings. The fraction of sp³-hybridized carbons (Fsp3) is 0. The summed E-state index contributed by atoms with van der Waals surface area (Å²) in [6.07, 6.45) is 0. The summed E-state index contributed by atoms with van der Waals surface area (Å²) in [6.45, 7) is 0. The topological polar surface area (TPSA) is 55.7 Å². The number of nitrogens with zero attached hydrogens (tertiary/aromatic N) is 3. The van der Waals surface area contributed by atoms with Gasteiger partial charge in [-0.1, -0.05) is 91.0 Å². The molecule has 4 nitrogen and oxygen atoms in total. The third kappa shape index (κ3) is 3.13. The Bertz CT molecular complexity index is 1030. The molecular weight excluding hydrogens is 322 g/mol. The van der Waals surface area contributed by atoms with Gasteiger partial charge in [-0.3, -0.25) is 4.79 Å². The van der Waals surface area contributed by atoms with Gasteiger partial charge in [-0.15, -0.1) is 10.2 Å². The van der Waals surface area contributed by atoms with Gasteiger partial charge in [-0.05, 0) is 0 Å². The second-order valence-corrected chi connectivity index (χ2v) is 5.76. The van der Waals surface area contributed by atoms with Crippen molar-refractivity contribution in [2.45, 2.75) is 0 Å². The Morgan fingerprint density at radius 1 is 0.615 bits per heavy atom. The van der Waals surface area contributed by atoms with Crippen LogP contribution in [0.4, 0.5) is 0 Å². The zero-order valence-electron chi connectivity index (χ0n) is 13.9. The van der Waals surface area contributed by atoms with E-state index in [1.165, 1.54) is 0 Å². The highest BCUT2D eigenvalue weighted by Gasteiger charge is 2.20. The van der Waals surface area contributed by atoms with Crippen LogP contribution in [0.15, 0.2) is 91.0 Å². The third-order valence-corrected chi connectivity index (χ3v) is 4.02.